The molecule has 0 saturated heterocycles. The van der Waals surface area contributed by atoms with Crippen molar-refractivity contribution in [2.45, 2.75) is 50.2 Å². The molecular weight excluding hydrogens is 396 g/mol. The van der Waals surface area contributed by atoms with Crippen molar-refractivity contribution in [3.63, 3.8) is 0 Å². The molecule has 1 fully saturated rings. The first-order valence-electron chi connectivity index (χ1n) is 10.4. The second-order valence-corrected chi connectivity index (χ2v) is 10.4. The Morgan fingerprint density at radius 2 is 1.80 bits per heavy atom. The Morgan fingerprint density at radius 3 is 2.43 bits per heavy atom. The molecule has 1 amide bonds. The molecule has 1 aliphatic carbocycles. The summed E-state index contributed by atoms with van der Waals surface area (Å²) >= 11 is 0. The predicted octanol–water partition coefficient (Wildman–Crippen LogP) is 3.80. The maximum Gasteiger partial charge on any atom is 0.235 e. The van der Waals surface area contributed by atoms with Crippen molar-refractivity contribution in [3.05, 3.63) is 70.8 Å². The van der Waals surface area contributed by atoms with Gasteiger partial charge in [-0.25, -0.2) is 8.42 Å². The summed E-state index contributed by atoms with van der Waals surface area (Å²) in [5, 5.41) is 11.8. The van der Waals surface area contributed by atoms with Gasteiger partial charge in [-0.1, -0.05) is 61.2 Å². The standard InChI is InChI=1S/C24H28N2O3S/c1-19-6-5-7-22(14-19)24(12-3-2-4-13-24)18-26-23(27)17-30(28,29)16-21-10-8-20(15-25)9-11-21/h5-11,14H,2-4,12-13,16-18H2,1H3,(H,26,27). The largest absolute Gasteiger partial charge is 0.354 e. The van der Waals surface area contributed by atoms with Crippen LogP contribution in [0.4, 0.5) is 0 Å². The van der Waals surface area contributed by atoms with Gasteiger partial charge in [-0.05, 0) is 43.0 Å². The van der Waals surface area contributed by atoms with Gasteiger partial charge in [-0.15, -0.1) is 0 Å². The average molecular weight is 425 g/mol. The molecular formula is C24H28N2O3S. The molecule has 0 radical (unpaired) electrons. The molecule has 30 heavy (non-hydrogen) atoms. The van der Waals surface area contributed by atoms with Crippen molar-refractivity contribution in [2.24, 2.45) is 0 Å². The highest BCUT2D eigenvalue weighted by Gasteiger charge is 2.34. The molecule has 2 aromatic rings. The average Bonchev–Trinajstić information content (AvgIpc) is 2.73. The molecule has 1 saturated carbocycles. The second kappa shape index (κ2) is 9.44. The summed E-state index contributed by atoms with van der Waals surface area (Å²) in [6.07, 6.45) is 5.41. The quantitative estimate of drug-likeness (QED) is 0.732. The Hall–Kier alpha value is -2.65. The molecule has 0 spiro atoms. The Balaban J connectivity index is 1.64. The van der Waals surface area contributed by atoms with Crippen LogP contribution >= 0.6 is 0 Å². The zero-order valence-corrected chi connectivity index (χ0v) is 18.2. The molecule has 0 heterocycles. The fourth-order valence-corrected chi connectivity index (χ4v) is 5.57. The maximum atomic E-state index is 12.5. The summed E-state index contributed by atoms with van der Waals surface area (Å²) in [5.41, 5.74) is 3.33. The molecule has 2 aromatic carbocycles. The van der Waals surface area contributed by atoms with Gasteiger partial charge >= 0.3 is 0 Å². The van der Waals surface area contributed by atoms with Crippen LogP contribution in [0.25, 0.3) is 0 Å². The van der Waals surface area contributed by atoms with Crippen LogP contribution in [0.1, 0.15) is 54.4 Å². The Kier molecular flexibility index (Phi) is 6.94. The van der Waals surface area contributed by atoms with E-state index >= 15 is 0 Å². The third-order valence-corrected chi connectivity index (χ3v) is 7.36. The molecule has 0 unspecified atom stereocenters. The number of amides is 1. The Labute approximate surface area is 179 Å². The summed E-state index contributed by atoms with van der Waals surface area (Å²) < 4.78 is 25.0. The van der Waals surface area contributed by atoms with Crippen LogP contribution in [0.15, 0.2) is 48.5 Å². The number of aryl methyl sites for hydroxylation is 1. The van der Waals surface area contributed by atoms with Crippen LogP contribution in [0.2, 0.25) is 0 Å². The molecule has 5 nitrogen and oxygen atoms in total. The number of carbonyl (C=O) groups is 1. The maximum absolute atomic E-state index is 12.5. The van der Waals surface area contributed by atoms with Crippen LogP contribution in [0.3, 0.4) is 0 Å². The van der Waals surface area contributed by atoms with E-state index in [2.05, 4.69) is 30.4 Å². The minimum atomic E-state index is -3.59. The van der Waals surface area contributed by atoms with E-state index in [-0.39, 0.29) is 11.2 Å². The van der Waals surface area contributed by atoms with Crippen molar-refractivity contribution in [1.29, 1.82) is 5.26 Å². The van der Waals surface area contributed by atoms with Crippen LogP contribution in [-0.2, 0) is 25.8 Å². The lowest BCUT2D eigenvalue weighted by Gasteiger charge is -2.38. The molecule has 0 atom stereocenters. The van der Waals surface area contributed by atoms with Gasteiger partial charge in [-0.2, -0.15) is 5.26 Å². The topological polar surface area (TPSA) is 87.0 Å². The molecule has 0 aliphatic heterocycles. The molecule has 0 bridgehead atoms. The fraction of sp³-hybridized carbons (Fsp3) is 0.417. The van der Waals surface area contributed by atoms with Crippen molar-refractivity contribution in [3.8, 4) is 6.07 Å². The van der Waals surface area contributed by atoms with Gasteiger partial charge < -0.3 is 5.32 Å². The summed E-state index contributed by atoms with van der Waals surface area (Å²) in [4.78, 5) is 12.5. The Morgan fingerprint density at radius 1 is 1.10 bits per heavy atom. The number of benzene rings is 2. The lowest BCUT2D eigenvalue weighted by atomic mass is 9.69. The van der Waals surface area contributed by atoms with E-state index in [0.29, 0.717) is 17.7 Å². The van der Waals surface area contributed by atoms with Crippen molar-refractivity contribution < 1.29 is 13.2 Å². The molecule has 6 heteroatoms. The number of nitriles is 1. The van der Waals surface area contributed by atoms with Gasteiger partial charge in [-0.3, -0.25) is 4.79 Å². The molecule has 158 valence electrons. The van der Waals surface area contributed by atoms with E-state index in [1.54, 1.807) is 24.3 Å². The molecule has 3 rings (SSSR count). The fourth-order valence-electron chi connectivity index (χ4n) is 4.27. The van der Waals surface area contributed by atoms with E-state index in [1.165, 1.54) is 17.5 Å². The zero-order chi connectivity index (χ0) is 21.6. The van der Waals surface area contributed by atoms with Gasteiger partial charge in [0.25, 0.3) is 0 Å². The molecule has 0 aromatic heterocycles. The number of rotatable bonds is 7. The number of nitrogens with zero attached hydrogens (tertiary/aromatic N) is 1. The zero-order valence-electron chi connectivity index (χ0n) is 17.4. The van der Waals surface area contributed by atoms with E-state index in [0.717, 1.165) is 25.7 Å². The van der Waals surface area contributed by atoms with Gasteiger partial charge in [0.15, 0.2) is 9.84 Å². The van der Waals surface area contributed by atoms with Gasteiger partial charge in [0, 0.05) is 12.0 Å². The number of hydrogen-bond acceptors (Lipinski definition) is 4. The summed E-state index contributed by atoms with van der Waals surface area (Å²) in [5.74, 6) is -1.20. The molecule has 1 aliphatic rings. The minimum absolute atomic E-state index is 0.128. The van der Waals surface area contributed by atoms with Crippen LogP contribution in [0, 0.1) is 18.3 Å². The lowest BCUT2D eigenvalue weighted by molar-refractivity contribution is -0.119. The number of nitrogens with one attached hydrogen (secondary N) is 1. The van der Waals surface area contributed by atoms with Crippen LogP contribution < -0.4 is 5.32 Å². The third-order valence-electron chi connectivity index (χ3n) is 5.89. The predicted molar refractivity (Wildman–Crippen MR) is 118 cm³/mol. The summed E-state index contributed by atoms with van der Waals surface area (Å²) in [7, 11) is -3.59. The van der Waals surface area contributed by atoms with E-state index in [1.807, 2.05) is 12.1 Å². The van der Waals surface area contributed by atoms with Gasteiger partial charge in [0.1, 0.15) is 5.75 Å². The third kappa shape index (κ3) is 5.70. The van der Waals surface area contributed by atoms with Crippen LogP contribution in [-0.4, -0.2) is 26.6 Å². The van der Waals surface area contributed by atoms with Crippen LogP contribution in [0.5, 0.6) is 0 Å². The highest BCUT2D eigenvalue weighted by atomic mass is 32.2. The van der Waals surface area contributed by atoms with E-state index < -0.39 is 21.5 Å². The first-order chi connectivity index (χ1) is 14.3. The smallest absolute Gasteiger partial charge is 0.235 e. The SMILES string of the molecule is Cc1cccc(C2(CNC(=O)CS(=O)(=O)Cc3ccc(C#N)cc3)CCCCC2)c1. The summed E-state index contributed by atoms with van der Waals surface area (Å²) in [6, 6.07) is 16.8. The normalized spacial score (nSPS) is 15.9. The summed E-state index contributed by atoms with van der Waals surface area (Å²) in [6.45, 7) is 2.52. The monoisotopic (exact) mass is 424 g/mol. The Bertz CT molecular complexity index is 1030. The van der Waals surface area contributed by atoms with E-state index in [4.69, 9.17) is 5.26 Å². The first-order valence-corrected chi connectivity index (χ1v) is 12.2. The number of carbonyl (C=O) groups excluding carboxylic acids is 1. The van der Waals surface area contributed by atoms with Gasteiger partial charge in [0.05, 0.1) is 17.4 Å². The second-order valence-electron chi connectivity index (χ2n) is 8.33. The first kappa shape index (κ1) is 22.0. The lowest BCUT2D eigenvalue weighted by Crippen LogP contribution is -2.44. The number of hydrogen-bond donors (Lipinski definition) is 1. The van der Waals surface area contributed by atoms with Gasteiger partial charge in [0.2, 0.25) is 5.91 Å². The molecule has 1 N–H and O–H groups in total. The minimum Gasteiger partial charge on any atom is -0.354 e. The highest BCUT2D eigenvalue weighted by Crippen LogP contribution is 2.39. The highest BCUT2D eigenvalue weighted by molar-refractivity contribution is 7.91. The van der Waals surface area contributed by atoms with E-state index in [9.17, 15) is 13.2 Å². The number of sulfone groups is 1. The van der Waals surface area contributed by atoms with Crippen molar-refractivity contribution in [1.82, 2.24) is 5.32 Å². The van der Waals surface area contributed by atoms with Crippen molar-refractivity contribution in [2.75, 3.05) is 12.3 Å². The van der Waals surface area contributed by atoms with Crippen molar-refractivity contribution >= 4 is 15.7 Å².